The second-order valence-corrected chi connectivity index (χ2v) is 7.50. The van der Waals surface area contributed by atoms with Crippen LogP contribution in [0.1, 0.15) is 49.7 Å². The molecular weight excluding hydrogens is 300 g/mol. The molecule has 2 amide bonds. The van der Waals surface area contributed by atoms with E-state index in [4.69, 9.17) is 0 Å². The maximum absolute atomic E-state index is 13.0. The molecule has 1 aromatic carbocycles. The summed E-state index contributed by atoms with van der Waals surface area (Å²) in [6.45, 7) is 2.17. The van der Waals surface area contributed by atoms with Crippen LogP contribution in [0.25, 0.3) is 0 Å². The molecule has 4 nitrogen and oxygen atoms in total. The van der Waals surface area contributed by atoms with Gasteiger partial charge in [0.2, 0.25) is 11.8 Å². The van der Waals surface area contributed by atoms with E-state index in [1.165, 1.54) is 24.0 Å². The summed E-state index contributed by atoms with van der Waals surface area (Å²) in [6.07, 6.45) is 6.87. The molecule has 1 aromatic rings. The highest BCUT2D eigenvalue weighted by Gasteiger charge is 2.37. The number of carbonyl (C=O) groups is 2. The number of hydrogen-bond donors (Lipinski definition) is 0. The number of fused-ring (bicyclic) bond motifs is 1. The first kappa shape index (κ1) is 15.7. The number of nitrogens with zero attached hydrogens (tertiary/aromatic N) is 2. The first-order chi connectivity index (χ1) is 11.7. The van der Waals surface area contributed by atoms with E-state index in [0.29, 0.717) is 19.0 Å². The number of likely N-dealkylation sites (tertiary alicyclic amines) is 1. The van der Waals surface area contributed by atoms with Crippen LogP contribution < -0.4 is 0 Å². The van der Waals surface area contributed by atoms with Gasteiger partial charge >= 0.3 is 0 Å². The van der Waals surface area contributed by atoms with E-state index in [1.54, 1.807) is 0 Å². The van der Waals surface area contributed by atoms with E-state index in [-0.39, 0.29) is 17.7 Å². The smallest absolute Gasteiger partial charge is 0.227 e. The molecule has 0 radical (unpaired) electrons. The van der Waals surface area contributed by atoms with E-state index < -0.39 is 0 Å². The Hall–Kier alpha value is -1.84. The van der Waals surface area contributed by atoms with E-state index in [9.17, 15) is 9.59 Å². The summed E-state index contributed by atoms with van der Waals surface area (Å²) in [4.78, 5) is 29.3. The maximum atomic E-state index is 13.0. The van der Waals surface area contributed by atoms with Crippen molar-refractivity contribution in [1.82, 2.24) is 9.80 Å². The fourth-order valence-corrected chi connectivity index (χ4v) is 4.58. The molecule has 2 fully saturated rings. The lowest BCUT2D eigenvalue weighted by molar-refractivity contribution is -0.145. The predicted molar refractivity (Wildman–Crippen MR) is 92.3 cm³/mol. The van der Waals surface area contributed by atoms with Gasteiger partial charge in [0.1, 0.15) is 0 Å². The highest BCUT2D eigenvalue weighted by molar-refractivity contribution is 5.84. The van der Waals surface area contributed by atoms with Gasteiger partial charge in [-0.25, -0.2) is 0 Å². The van der Waals surface area contributed by atoms with E-state index in [2.05, 4.69) is 18.2 Å². The number of piperidine rings is 1. The van der Waals surface area contributed by atoms with Gasteiger partial charge in [-0.2, -0.15) is 0 Å². The summed E-state index contributed by atoms with van der Waals surface area (Å²) in [5, 5.41) is 0. The van der Waals surface area contributed by atoms with Gasteiger partial charge in [0, 0.05) is 32.1 Å². The van der Waals surface area contributed by atoms with Gasteiger partial charge in [0.15, 0.2) is 0 Å². The van der Waals surface area contributed by atoms with Gasteiger partial charge in [-0.05, 0) is 36.8 Å². The molecule has 0 bridgehead atoms. The summed E-state index contributed by atoms with van der Waals surface area (Å²) in [6, 6.07) is 8.80. The van der Waals surface area contributed by atoms with Crippen molar-refractivity contribution in [3.8, 4) is 0 Å². The first-order valence-electron chi connectivity index (χ1n) is 9.37. The van der Waals surface area contributed by atoms with Crippen LogP contribution in [-0.4, -0.2) is 40.7 Å². The van der Waals surface area contributed by atoms with Crippen LogP contribution in [0.5, 0.6) is 0 Å². The third-order valence-electron chi connectivity index (χ3n) is 6.00. The van der Waals surface area contributed by atoms with E-state index in [0.717, 1.165) is 38.8 Å². The standard InChI is InChI=1S/C20H26N2O2/c23-19-10-9-17(14-22(19)18-7-3-4-8-18)20(24)21-12-11-15-5-1-2-6-16(15)13-21/h1-2,5-6,17-18H,3-4,7-14H2. The van der Waals surface area contributed by atoms with Crippen molar-refractivity contribution in [3.05, 3.63) is 35.4 Å². The monoisotopic (exact) mass is 326 g/mol. The molecule has 1 saturated heterocycles. The number of carbonyl (C=O) groups excluding carboxylic acids is 2. The normalized spacial score (nSPS) is 25.0. The Labute approximate surface area is 143 Å². The second kappa shape index (κ2) is 6.58. The molecule has 1 aliphatic carbocycles. The van der Waals surface area contributed by atoms with Crippen molar-refractivity contribution in [1.29, 1.82) is 0 Å². The summed E-state index contributed by atoms with van der Waals surface area (Å²) in [5.41, 5.74) is 2.64. The molecule has 4 heteroatoms. The minimum absolute atomic E-state index is 0.00596. The molecule has 3 aliphatic rings. The van der Waals surface area contributed by atoms with Crippen LogP contribution >= 0.6 is 0 Å². The lowest BCUT2D eigenvalue weighted by atomic mass is 9.92. The average Bonchev–Trinajstić information content (AvgIpc) is 3.15. The zero-order valence-corrected chi connectivity index (χ0v) is 14.2. The molecule has 24 heavy (non-hydrogen) atoms. The topological polar surface area (TPSA) is 40.6 Å². The summed E-state index contributed by atoms with van der Waals surface area (Å²) in [5.74, 6) is 0.503. The van der Waals surface area contributed by atoms with Crippen LogP contribution in [0.3, 0.4) is 0 Å². The van der Waals surface area contributed by atoms with Gasteiger partial charge in [0.05, 0.1) is 5.92 Å². The zero-order chi connectivity index (χ0) is 16.5. The fraction of sp³-hybridized carbons (Fsp3) is 0.600. The molecule has 1 saturated carbocycles. The summed E-state index contributed by atoms with van der Waals surface area (Å²) in [7, 11) is 0. The lowest BCUT2D eigenvalue weighted by Crippen LogP contribution is -2.50. The van der Waals surface area contributed by atoms with Crippen LogP contribution in [0.2, 0.25) is 0 Å². The molecule has 0 spiro atoms. The number of rotatable bonds is 2. The Morgan fingerprint density at radius 1 is 1.00 bits per heavy atom. The number of benzene rings is 1. The highest BCUT2D eigenvalue weighted by Crippen LogP contribution is 2.30. The van der Waals surface area contributed by atoms with Gasteiger partial charge in [-0.1, -0.05) is 37.1 Å². The largest absolute Gasteiger partial charge is 0.339 e. The molecule has 128 valence electrons. The van der Waals surface area contributed by atoms with Crippen LogP contribution in [-0.2, 0) is 22.6 Å². The Morgan fingerprint density at radius 3 is 2.54 bits per heavy atom. The molecule has 0 aromatic heterocycles. The minimum Gasteiger partial charge on any atom is -0.339 e. The van der Waals surface area contributed by atoms with Crippen molar-refractivity contribution < 1.29 is 9.59 Å². The second-order valence-electron chi connectivity index (χ2n) is 7.50. The lowest BCUT2D eigenvalue weighted by Gasteiger charge is -2.39. The SMILES string of the molecule is O=C(C1CCC(=O)N(C2CCCC2)C1)N1CCc2ccccc2C1. The Kier molecular flexibility index (Phi) is 4.30. The van der Waals surface area contributed by atoms with Crippen molar-refractivity contribution in [2.75, 3.05) is 13.1 Å². The molecule has 2 aliphatic heterocycles. The first-order valence-corrected chi connectivity index (χ1v) is 9.37. The number of hydrogen-bond acceptors (Lipinski definition) is 2. The van der Waals surface area contributed by atoms with Crippen molar-refractivity contribution in [2.24, 2.45) is 5.92 Å². The Bertz CT molecular complexity index is 636. The van der Waals surface area contributed by atoms with Gasteiger partial charge < -0.3 is 9.80 Å². The van der Waals surface area contributed by atoms with Gasteiger partial charge in [-0.15, -0.1) is 0 Å². The molecular formula is C20H26N2O2. The van der Waals surface area contributed by atoms with Crippen LogP contribution in [0.4, 0.5) is 0 Å². The van der Waals surface area contributed by atoms with E-state index in [1.807, 2.05) is 15.9 Å². The molecule has 4 rings (SSSR count). The molecule has 0 N–H and O–H groups in total. The summed E-state index contributed by atoms with van der Waals surface area (Å²) >= 11 is 0. The zero-order valence-electron chi connectivity index (χ0n) is 14.2. The third-order valence-corrected chi connectivity index (χ3v) is 6.00. The highest BCUT2D eigenvalue weighted by atomic mass is 16.2. The molecule has 2 heterocycles. The Balaban J connectivity index is 1.44. The quantitative estimate of drug-likeness (QED) is 0.838. The molecule has 1 unspecified atom stereocenters. The minimum atomic E-state index is -0.00596. The van der Waals surface area contributed by atoms with Gasteiger partial charge in [0.25, 0.3) is 0 Å². The van der Waals surface area contributed by atoms with Gasteiger partial charge in [-0.3, -0.25) is 9.59 Å². The van der Waals surface area contributed by atoms with Crippen LogP contribution in [0, 0.1) is 5.92 Å². The van der Waals surface area contributed by atoms with Crippen molar-refractivity contribution in [2.45, 2.75) is 57.5 Å². The fourth-order valence-electron chi connectivity index (χ4n) is 4.58. The predicted octanol–water partition coefficient (Wildman–Crippen LogP) is 2.75. The maximum Gasteiger partial charge on any atom is 0.227 e. The average molecular weight is 326 g/mol. The Morgan fingerprint density at radius 2 is 1.75 bits per heavy atom. The molecule has 1 atom stereocenters. The van der Waals surface area contributed by atoms with Crippen molar-refractivity contribution >= 4 is 11.8 Å². The van der Waals surface area contributed by atoms with Crippen LogP contribution in [0.15, 0.2) is 24.3 Å². The third kappa shape index (κ3) is 2.94. The summed E-state index contributed by atoms with van der Waals surface area (Å²) < 4.78 is 0. The van der Waals surface area contributed by atoms with E-state index >= 15 is 0 Å². The number of amides is 2. The van der Waals surface area contributed by atoms with Crippen molar-refractivity contribution in [3.63, 3.8) is 0 Å².